The van der Waals surface area contributed by atoms with Crippen LogP contribution >= 0.6 is 0 Å². The minimum Gasteiger partial charge on any atom is -0.478 e. The Morgan fingerprint density at radius 3 is 2.63 bits per heavy atom. The molecule has 0 aliphatic rings. The maximum absolute atomic E-state index is 11.5. The van der Waals surface area contributed by atoms with E-state index in [2.05, 4.69) is 4.98 Å². The number of hydrogen-bond acceptors (Lipinski definition) is 4. The predicted octanol–water partition coefficient (Wildman–Crippen LogP) is 1.85. The Kier molecular flexibility index (Phi) is 3.35. The Labute approximate surface area is 110 Å². The number of hydrogen-bond donors (Lipinski definition) is 1. The molecule has 6 heteroatoms. The number of carbonyl (C=O) groups is 1. The molecule has 0 aliphatic carbocycles. The lowest BCUT2D eigenvalue weighted by Gasteiger charge is -2.07. The van der Waals surface area contributed by atoms with Crippen molar-refractivity contribution in [2.24, 2.45) is 0 Å². The smallest absolute Gasteiger partial charge is 0.337 e. The van der Waals surface area contributed by atoms with Gasteiger partial charge in [0.1, 0.15) is 0 Å². The zero-order valence-electron chi connectivity index (χ0n) is 10.1. The second kappa shape index (κ2) is 4.81. The molecule has 1 N–H and O–H groups in total. The molecular formula is C13H11NO4S. The van der Waals surface area contributed by atoms with E-state index in [1.807, 2.05) is 0 Å². The maximum Gasteiger partial charge on any atom is 0.337 e. The topological polar surface area (TPSA) is 84.3 Å². The van der Waals surface area contributed by atoms with Crippen LogP contribution in [0.1, 0.15) is 10.4 Å². The second-order valence-corrected chi connectivity index (χ2v) is 6.04. The van der Waals surface area contributed by atoms with Gasteiger partial charge in [0.15, 0.2) is 9.84 Å². The SMILES string of the molecule is CS(=O)(=O)c1cccc(-c2ccncc2C(=O)O)c1. The standard InChI is InChI=1S/C13H11NO4S/c1-19(17,18)10-4-2-3-9(7-10)11-5-6-14-8-12(11)13(15)16/h2-8H,1H3,(H,15,16). The van der Waals surface area contributed by atoms with E-state index in [4.69, 9.17) is 5.11 Å². The van der Waals surface area contributed by atoms with Gasteiger partial charge in [-0.15, -0.1) is 0 Å². The van der Waals surface area contributed by atoms with E-state index in [0.29, 0.717) is 11.1 Å². The van der Waals surface area contributed by atoms with Gasteiger partial charge in [0.25, 0.3) is 0 Å². The molecule has 0 aliphatic heterocycles. The van der Waals surface area contributed by atoms with Crippen molar-refractivity contribution in [3.63, 3.8) is 0 Å². The minimum absolute atomic E-state index is 0.0353. The van der Waals surface area contributed by atoms with Crippen LogP contribution in [0.25, 0.3) is 11.1 Å². The number of aromatic carboxylic acids is 1. The highest BCUT2D eigenvalue weighted by molar-refractivity contribution is 7.90. The molecule has 2 aromatic rings. The summed E-state index contributed by atoms with van der Waals surface area (Å²) in [7, 11) is -3.33. The van der Waals surface area contributed by atoms with Crippen LogP contribution in [0, 0.1) is 0 Å². The first kappa shape index (κ1) is 13.2. The Morgan fingerprint density at radius 1 is 1.26 bits per heavy atom. The van der Waals surface area contributed by atoms with Crippen molar-refractivity contribution in [1.82, 2.24) is 4.98 Å². The number of sulfone groups is 1. The highest BCUT2D eigenvalue weighted by Gasteiger charge is 2.13. The van der Waals surface area contributed by atoms with Crippen molar-refractivity contribution >= 4 is 15.8 Å². The van der Waals surface area contributed by atoms with Gasteiger partial charge in [-0.2, -0.15) is 0 Å². The zero-order valence-corrected chi connectivity index (χ0v) is 10.9. The Bertz CT molecular complexity index is 738. The highest BCUT2D eigenvalue weighted by Crippen LogP contribution is 2.25. The molecule has 0 fully saturated rings. The number of rotatable bonds is 3. The first-order valence-corrected chi connectivity index (χ1v) is 7.26. The molecule has 0 bridgehead atoms. The maximum atomic E-state index is 11.5. The molecular weight excluding hydrogens is 266 g/mol. The minimum atomic E-state index is -3.33. The molecule has 1 aromatic carbocycles. The van der Waals surface area contributed by atoms with Crippen LogP contribution in [0.3, 0.4) is 0 Å². The molecule has 2 rings (SSSR count). The van der Waals surface area contributed by atoms with Crippen LogP contribution in [-0.2, 0) is 9.84 Å². The first-order valence-electron chi connectivity index (χ1n) is 5.37. The molecule has 0 spiro atoms. The summed E-state index contributed by atoms with van der Waals surface area (Å²) in [5.74, 6) is -1.10. The van der Waals surface area contributed by atoms with Gasteiger partial charge < -0.3 is 5.11 Å². The fourth-order valence-corrected chi connectivity index (χ4v) is 2.38. The molecule has 0 atom stereocenters. The second-order valence-electron chi connectivity index (χ2n) is 4.03. The third-order valence-electron chi connectivity index (χ3n) is 2.62. The van der Waals surface area contributed by atoms with Gasteiger partial charge in [0, 0.05) is 18.6 Å². The van der Waals surface area contributed by atoms with Crippen molar-refractivity contribution in [3.05, 3.63) is 48.3 Å². The third kappa shape index (κ3) is 2.79. The number of pyridine rings is 1. The summed E-state index contributed by atoms with van der Waals surface area (Å²) in [6.07, 6.45) is 3.82. The van der Waals surface area contributed by atoms with Crippen molar-refractivity contribution in [1.29, 1.82) is 0 Å². The molecule has 0 saturated carbocycles. The lowest BCUT2D eigenvalue weighted by molar-refractivity contribution is 0.0697. The summed E-state index contributed by atoms with van der Waals surface area (Å²) in [5.41, 5.74) is 1.00. The Morgan fingerprint density at radius 2 is 2.00 bits per heavy atom. The van der Waals surface area contributed by atoms with Crippen molar-refractivity contribution in [2.45, 2.75) is 4.90 Å². The van der Waals surface area contributed by atoms with E-state index in [1.54, 1.807) is 18.2 Å². The van der Waals surface area contributed by atoms with Crippen LogP contribution in [0.4, 0.5) is 0 Å². The molecule has 0 saturated heterocycles. The van der Waals surface area contributed by atoms with Crippen LogP contribution in [0.5, 0.6) is 0 Å². The number of carboxylic acids is 1. The summed E-state index contributed by atoms with van der Waals surface area (Å²) >= 11 is 0. The molecule has 0 radical (unpaired) electrons. The molecule has 1 aromatic heterocycles. The molecule has 1 heterocycles. The number of carboxylic acid groups (broad SMARTS) is 1. The average molecular weight is 277 g/mol. The van der Waals surface area contributed by atoms with Crippen molar-refractivity contribution < 1.29 is 18.3 Å². The Hall–Kier alpha value is -2.21. The monoisotopic (exact) mass is 277 g/mol. The lowest BCUT2D eigenvalue weighted by Crippen LogP contribution is -2.01. The zero-order chi connectivity index (χ0) is 14.0. The van der Waals surface area contributed by atoms with Gasteiger partial charge in [0.05, 0.1) is 10.5 Å². The normalized spacial score (nSPS) is 11.2. The average Bonchev–Trinajstić information content (AvgIpc) is 2.38. The fraction of sp³-hybridized carbons (Fsp3) is 0.0769. The largest absolute Gasteiger partial charge is 0.478 e. The van der Waals surface area contributed by atoms with Crippen LogP contribution in [0.2, 0.25) is 0 Å². The van der Waals surface area contributed by atoms with Crippen LogP contribution in [0.15, 0.2) is 47.6 Å². The first-order chi connectivity index (χ1) is 8.89. The van der Waals surface area contributed by atoms with Crippen LogP contribution in [-0.4, -0.2) is 30.7 Å². The summed E-state index contributed by atoms with van der Waals surface area (Å²) in [5, 5.41) is 9.10. The third-order valence-corrected chi connectivity index (χ3v) is 3.73. The van der Waals surface area contributed by atoms with Gasteiger partial charge in [0.2, 0.25) is 0 Å². The molecule has 5 nitrogen and oxygen atoms in total. The Balaban J connectivity index is 2.64. The van der Waals surface area contributed by atoms with Gasteiger partial charge in [-0.05, 0) is 29.3 Å². The van der Waals surface area contributed by atoms with E-state index in [9.17, 15) is 13.2 Å². The quantitative estimate of drug-likeness (QED) is 0.925. The number of aromatic nitrogens is 1. The molecule has 0 amide bonds. The van der Waals surface area contributed by atoms with E-state index in [0.717, 1.165) is 6.26 Å². The summed E-state index contributed by atoms with van der Waals surface area (Å²) in [4.78, 5) is 15.0. The van der Waals surface area contributed by atoms with Gasteiger partial charge in [-0.1, -0.05) is 12.1 Å². The van der Waals surface area contributed by atoms with Crippen molar-refractivity contribution in [2.75, 3.05) is 6.26 Å². The van der Waals surface area contributed by atoms with Crippen molar-refractivity contribution in [3.8, 4) is 11.1 Å². The number of benzene rings is 1. The molecule has 0 unspecified atom stereocenters. The number of nitrogens with zero attached hydrogens (tertiary/aromatic N) is 1. The van der Waals surface area contributed by atoms with Gasteiger partial charge in [-0.25, -0.2) is 13.2 Å². The fourth-order valence-electron chi connectivity index (χ4n) is 1.71. The van der Waals surface area contributed by atoms with E-state index >= 15 is 0 Å². The highest BCUT2D eigenvalue weighted by atomic mass is 32.2. The molecule has 19 heavy (non-hydrogen) atoms. The predicted molar refractivity (Wildman–Crippen MR) is 69.7 cm³/mol. The van der Waals surface area contributed by atoms with E-state index < -0.39 is 15.8 Å². The van der Waals surface area contributed by atoms with Gasteiger partial charge >= 0.3 is 5.97 Å². The van der Waals surface area contributed by atoms with Gasteiger partial charge in [-0.3, -0.25) is 4.98 Å². The lowest BCUT2D eigenvalue weighted by atomic mass is 10.0. The summed E-state index contributed by atoms with van der Waals surface area (Å²) < 4.78 is 23.0. The van der Waals surface area contributed by atoms with E-state index in [1.165, 1.54) is 24.5 Å². The van der Waals surface area contributed by atoms with E-state index in [-0.39, 0.29) is 10.5 Å². The molecule has 98 valence electrons. The van der Waals surface area contributed by atoms with Crippen LogP contribution < -0.4 is 0 Å². The summed E-state index contributed by atoms with van der Waals surface area (Å²) in [6, 6.07) is 7.72. The summed E-state index contributed by atoms with van der Waals surface area (Å²) in [6.45, 7) is 0.